The van der Waals surface area contributed by atoms with E-state index in [0.717, 1.165) is 12.5 Å². The standard InChI is InChI=1S/C11H16N2O3/c14-11(15)10-6-9(16-13-10)7-12-5-4-8-2-1-3-8/h6,8,12H,1-5,7H2,(H,14,15). The lowest BCUT2D eigenvalue weighted by Gasteiger charge is -2.25. The fraction of sp³-hybridized carbons (Fsp3) is 0.636. The van der Waals surface area contributed by atoms with Crippen LogP contribution in [-0.2, 0) is 6.54 Å². The second-order valence-corrected chi connectivity index (χ2v) is 4.25. The minimum atomic E-state index is -1.05. The minimum Gasteiger partial charge on any atom is -0.476 e. The largest absolute Gasteiger partial charge is 0.476 e. The van der Waals surface area contributed by atoms with E-state index in [2.05, 4.69) is 10.5 Å². The number of aromatic nitrogens is 1. The minimum absolute atomic E-state index is 0.0317. The number of hydrogen-bond donors (Lipinski definition) is 2. The highest BCUT2D eigenvalue weighted by Gasteiger charge is 2.16. The van der Waals surface area contributed by atoms with Gasteiger partial charge < -0.3 is 14.9 Å². The summed E-state index contributed by atoms with van der Waals surface area (Å²) in [4.78, 5) is 10.5. The van der Waals surface area contributed by atoms with Gasteiger partial charge in [-0.05, 0) is 18.9 Å². The van der Waals surface area contributed by atoms with Gasteiger partial charge in [0.25, 0.3) is 0 Å². The molecule has 88 valence electrons. The molecule has 0 atom stereocenters. The van der Waals surface area contributed by atoms with E-state index in [1.165, 1.54) is 31.7 Å². The molecule has 0 amide bonds. The highest BCUT2D eigenvalue weighted by molar-refractivity contribution is 5.85. The molecule has 1 saturated carbocycles. The second-order valence-electron chi connectivity index (χ2n) is 4.25. The Morgan fingerprint density at radius 3 is 3.00 bits per heavy atom. The Labute approximate surface area is 93.8 Å². The van der Waals surface area contributed by atoms with E-state index in [4.69, 9.17) is 9.63 Å². The second kappa shape index (κ2) is 5.12. The van der Waals surface area contributed by atoms with Crippen molar-refractivity contribution in [1.82, 2.24) is 10.5 Å². The third kappa shape index (κ3) is 2.82. The predicted octanol–water partition coefficient (Wildman–Crippen LogP) is 1.65. The van der Waals surface area contributed by atoms with Crippen LogP contribution in [0.3, 0.4) is 0 Å². The quantitative estimate of drug-likeness (QED) is 0.718. The maximum atomic E-state index is 10.5. The normalized spacial score (nSPS) is 16.0. The highest BCUT2D eigenvalue weighted by Crippen LogP contribution is 2.28. The zero-order chi connectivity index (χ0) is 11.4. The Balaban J connectivity index is 1.66. The van der Waals surface area contributed by atoms with Crippen LogP contribution >= 0.6 is 0 Å². The van der Waals surface area contributed by atoms with E-state index in [1.54, 1.807) is 0 Å². The molecule has 2 rings (SSSR count). The van der Waals surface area contributed by atoms with Gasteiger partial charge in [0.1, 0.15) is 0 Å². The molecule has 0 aromatic carbocycles. The third-order valence-electron chi connectivity index (χ3n) is 3.03. The number of nitrogens with zero attached hydrogens (tertiary/aromatic N) is 1. The smallest absolute Gasteiger partial charge is 0.358 e. The summed E-state index contributed by atoms with van der Waals surface area (Å²) in [6, 6.07) is 1.46. The maximum Gasteiger partial charge on any atom is 0.358 e. The molecular formula is C11H16N2O3. The maximum absolute atomic E-state index is 10.5. The Hall–Kier alpha value is -1.36. The summed E-state index contributed by atoms with van der Waals surface area (Å²) in [6.07, 6.45) is 5.27. The molecule has 2 N–H and O–H groups in total. The summed E-state index contributed by atoms with van der Waals surface area (Å²) < 4.78 is 4.88. The number of carboxylic acids is 1. The Morgan fingerprint density at radius 2 is 2.44 bits per heavy atom. The molecule has 0 radical (unpaired) electrons. The number of carboxylic acid groups (broad SMARTS) is 1. The van der Waals surface area contributed by atoms with E-state index in [9.17, 15) is 4.79 Å². The van der Waals surface area contributed by atoms with Crippen molar-refractivity contribution in [2.45, 2.75) is 32.2 Å². The number of aromatic carboxylic acids is 1. The van der Waals surface area contributed by atoms with Gasteiger partial charge >= 0.3 is 5.97 Å². The molecule has 0 spiro atoms. The van der Waals surface area contributed by atoms with Gasteiger partial charge in [-0.1, -0.05) is 24.4 Å². The zero-order valence-corrected chi connectivity index (χ0v) is 9.11. The molecule has 1 aromatic rings. The Morgan fingerprint density at radius 1 is 1.62 bits per heavy atom. The molecule has 0 aliphatic heterocycles. The fourth-order valence-electron chi connectivity index (χ4n) is 1.80. The molecule has 0 saturated heterocycles. The van der Waals surface area contributed by atoms with Crippen molar-refractivity contribution in [1.29, 1.82) is 0 Å². The summed E-state index contributed by atoms with van der Waals surface area (Å²) in [5.74, 6) is 0.410. The molecule has 1 heterocycles. The topological polar surface area (TPSA) is 75.4 Å². The average molecular weight is 224 g/mol. The van der Waals surface area contributed by atoms with Crippen molar-refractivity contribution < 1.29 is 14.4 Å². The van der Waals surface area contributed by atoms with E-state index in [-0.39, 0.29) is 5.69 Å². The molecule has 0 bridgehead atoms. The number of rotatable bonds is 6. The van der Waals surface area contributed by atoms with Gasteiger partial charge in [-0.3, -0.25) is 0 Å². The van der Waals surface area contributed by atoms with E-state index in [1.807, 2.05) is 0 Å². The van der Waals surface area contributed by atoms with Crippen molar-refractivity contribution in [2.24, 2.45) is 5.92 Å². The van der Waals surface area contributed by atoms with E-state index < -0.39 is 5.97 Å². The summed E-state index contributed by atoms with van der Waals surface area (Å²) in [5, 5.41) is 15.3. The van der Waals surface area contributed by atoms with Crippen LogP contribution < -0.4 is 5.32 Å². The SMILES string of the molecule is O=C(O)c1cc(CNCCC2CCC2)on1. The Kier molecular flexibility index (Phi) is 3.56. The average Bonchev–Trinajstić information content (AvgIpc) is 2.63. The third-order valence-corrected chi connectivity index (χ3v) is 3.03. The monoisotopic (exact) mass is 224 g/mol. The predicted molar refractivity (Wildman–Crippen MR) is 57.1 cm³/mol. The molecule has 1 fully saturated rings. The van der Waals surface area contributed by atoms with Gasteiger partial charge in [-0.2, -0.15) is 0 Å². The van der Waals surface area contributed by atoms with Gasteiger partial charge in [0.05, 0.1) is 6.54 Å². The molecule has 16 heavy (non-hydrogen) atoms. The van der Waals surface area contributed by atoms with Crippen molar-refractivity contribution >= 4 is 5.97 Å². The van der Waals surface area contributed by atoms with Crippen LogP contribution in [0.1, 0.15) is 41.9 Å². The summed E-state index contributed by atoms with van der Waals surface area (Å²) in [6.45, 7) is 1.50. The first-order chi connectivity index (χ1) is 7.75. The number of nitrogens with one attached hydrogen (secondary N) is 1. The summed E-state index contributed by atoms with van der Waals surface area (Å²) in [5.41, 5.74) is -0.0317. The Bertz CT molecular complexity index is 358. The van der Waals surface area contributed by atoms with Crippen LogP contribution in [0.2, 0.25) is 0 Å². The van der Waals surface area contributed by atoms with Gasteiger partial charge in [0, 0.05) is 6.07 Å². The highest BCUT2D eigenvalue weighted by atomic mass is 16.5. The molecule has 1 aromatic heterocycles. The van der Waals surface area contributed by atoms with Crippen LogP contribution in [0.5, 0.6) is 0 Å². The van der Waals surface area contributed by atoms with Crippen LogP contribution in [0, 0.1) is 5.92 Å². The summed E-state index contributed by atoms with van der Waals surface area (Å²) in [7, 11) is 0. The lowest BCUT2D eigenvalue weighted by atomic mass is 9.83. The van der Waals surface area contributed by atoms with E-state index >= 15 is 0 Å². The van der Waals surface area contributed by atoms with E-state index in [0.29, 0.717) is 12.3 Å². The molecule has 1 aliphatic carbocycles. The van der Waals surface area contributed by atoms with Crippen molar-refractivity contribution in [3.05, 3.63) is 17.5 Å². The van der Waals surface area contributed by atoms with Gasteiger partial charge in [-0.25, -0.2) is 4.79 Å². The molecule has 5 nitrogen and oxygen atoms in total. The van der Waals surface area contributed by atoms with Crippen molar-refractivity contribution in [3.8, 4) is 0 Å². The van der Waals surface area contributed by atoms with Gasteiger partial charge in [0.15, 0.2) is 11.5 Å². The fourth-order valence-corrected chi connectivity index (χ4v) is 1.80. The van der Waals surface area contributed by atoms with Crippen molar-refractivity contribution in [3.63, 3.8) is 0 Å². The van der Waals surface area contributed by atoms with Crippen molar-refractivity contribution in [2.75, 3.05) is 6.54 Å². The molecule has 5 heteroatoms. The first-order valence-corrected chi connectivity index (χ1v) is 5.65. The molecule has 0 unspecified atom stereocenters. The first-order valence-electron chi connectivity index (χ1n) is 5.65. The number of hydrogen-bond acceptors (Lipinski definition) is 4. The first kappa shape index (κ1) is 11.1. The lowest BCUT2D eigenvalue weighted by Crippen LogP contribution is -2.20. The van der Waals surface area contributed by atoms with Crippen LogP contribution in [0.4, 0.5) is 0 Å². The van der Waals surface area contributed by atoms with Gasteiger partial charge in [-0.15, -0.1) is 0 Å². The lowest BCUT2D eigenvalue weighted by molar-refractivity contribution is 0.0685. The molecular weight excluding hydrogens is 208 g/mol. The van der Waals surface area contributed by atoms with Crippen LogP contribution in [-0.4, -0.2) is 22.8 Å². The van der Waals surface area contributed by atoms with Crippen LogP contribution in [0.25, 0.3) is 0 Å². The number of carbonyl (C=O) groups is 1. The van der Waals surface area contributed by atoms with Crippen LogP contribution in [0.15, 0.2) is 10.6 Å². The van der Waals surface area contributed by atoms with Gasteiger partial charge in [0.2, 0.25) is 0 Å². The molecule has 1 aliphatic rings. The summed E-state index contributed by atoms with van der Waals surface area (Å²) >= 11 is 0. The zero-order valence-electron chi connectivity index (χ0n) is 9.11.